The Hall–Kier alpha value is -2.49. The van der Waals surface area contributed by atoms with Crippen LogP contribution in [0.15, 0.2) is 46.7 Å². The zero-order valence-corrected chi connectivity index (χ0v) is 18.6. The summed E-state index contributed by atoms with van der Waals surface area (Å²) in [6, 6.07) is 8.08. The number of nitrogens with zero attached hydrogens (tertiary/aromatic N) is 1. The van der Waals surface area contributed by atoms with Crippen molar-refractivity contribution in [3.8, 4) is 0 Å². The van der Waals surface area contributed by atoms with Crippen molar-refractivity contribution >= 4 is 44.9 Å². The first kappa shape index (κ1) is 22.2. The highest BCUT2D eigenvalue weighted by atomic mass is 32.2. The maximum Gasteiger partial charge on any atom is 0.244 e. The molecule has 0 unspecified atom stereocenters. The molecule has 3 rings (SSSR count). The van der Waals surface area contributed by atoms with Crippen LogP contribution >= 0.6 is 11.3 Å². The van der Waals surface area contributed by atoms with Gasteiger partial charge in [-0.15, -0.1) is 11.3 Å². The van der Waals surface area contributed by atoms with Crippen molar-refractivity contribution in [3.05, 3.63) is 52.2 Å². The molecule has 2 amide bonds. The average molecular weight is 448 g/mol. The minimum atomic E-state index is -3.61. The summed E-state index contributed by atoms with van der Waals surface area (Å²) in [4.78, 5) is 24.5. The zero-order chi connectivity index (χ0) is 21.7. The molecule has 2 N–H and O–H groups in total. The number of aryl methyl sites for hydroxylation is 1. The number of amides is 2. The first-order chi connectivity index (χ1) is 14.3. The van der Waals surface area contributed by atoms with E-state index in [2.05, 4.69) is 10.6 Å². The van der Waals surface area contributed by atoms with Gasteiger partial charge in [0.2, 0.25) is 21.8 Å². The average Bonchev–Trinajstić information content (AvgIpc) is 3.11. The van der Waals surface area contributed by atoms with Gasteiger partial charge in [-0.25, -0.2) is 8.42 Å². The van der Waals surface area contributed by atoms with Gasteiger partial charge in [-0.3, -0.25) is 9.59 Å². The number of hydrogen-bond donors (Lipinski definition) is 2. The molecule has 1 aromatic carbocycles. The number of hydrogen-bond acceptors (Lipinski definition) is 5. The number of benzene rings is 1. The molecule has 1 fully saturated rings. The highest BCUT2D eigenvalue weighted by Crippen LogP contribution is 2.22. The van der Waals surface area contributed by atoms with Gasteiger partial charge in [0.25, 0.3) is 0 Å². The highest BCUT2D eigenvalue weighted by Gasteiger charge is 2.29. The minimum Gasteiger partial charge on any atom is -0.350 e. The SMILES string of the molecule is CC(=O)Nc1ccc(S(=O)(=O)N2CCC(NC(=O)/C=C/c3sccc3C)CC2)cc1. The molecule has 1 aliphatic heterocycles. The van der Waals surface area contributed by atoms with Crippen molar-refractivity contribution < 1.29 is 18.0 Å². The fourth-order valence-corrected chi connectivity index (χ4v) is 5.55. The van der Waals surface area contributed by atoms with Crippen molar-refractivity contribution in [2.45, 2.75) is 37.6 Å². The molecule has 0 aliphatic carbocycles. The Bertz CT molecular complexity index is 1030. The van der Waals surface area contributed by atoms with E-state index in [1.165, 1.54) is 29.4 Å². The zero-order valence-electron chi connectivity index (χ0n) is 16.9. The molecule has 160 valence electrons. The van der Waals surface area contributed by atoms with Gasteiger partial charge in [-0.05, 0) is 67.1 Å². The Morgan fingerprint density at radius 3 is 2.37 bits per heavy atom. The second-order valence-corrected chi connectivity index (χ2v) is 10.1. The number of carbonyl (C=O) groups excluding carboxylic acids is 2. The Morgan fingerprint density at radius 1 is 1.13 bits per heavy atom. The largest absolute Gasteiger partial charge is 0.350 e. The van der Waals surface area contributed by atoms with E-state index in [4.69, 9.17) is 0 Å². The minimum absolute atomic E-state index is 0.0554. The van der Waals surface area contributed by atoms with Crippen LogP contribution in [0.5, 0.6) is 0 Å². The van der Waals surface area contributed by atoms with Gasteiger partial charge >= 0.3 is 0 Å². The third kappa shape index (κ3) is 5.56. The molecule has 0 atom stereocenters. The maximum absolute atomic E-state index is 12.9. The third-order valence-electron chi connectivity index (χ3n) is 4.90. The van der Waals surface area contributed by atoms with E-state index in [1.54, 1.807) is 29.5 Å². The number of sulfonamides is 1. The number of rotatable bonds is 6. The van der Waals surface area contributed by atoms with Gasteiger partial charge in [0.15, 0.2) is 0 Å². The van der Waals surface area contributed by atoms with Crippen LogP contribution in [-0.2, 0) is 19.6 Å². The molecule has 9 heteroatoms. The molecule has 1 aromatic heterocycles. The molecule has 0 spiro atoms. The number of thiophene rings is 1. The van der Waals surface area contributed by atoms with Crippen molar-refractivity contribution in [2.75, 3.05) is 18.4 Å². The van der Waals surface area contributed by atoms with Crippen molar-refractivity contribution in [2.24, 2.45) is 0 Å². The molecule has 2 heterocycles. The van der Waals surface area contributed by atoms with Gasteiger partial charge in [0, 0.05) is 42.7 Å². The Kier molecular flexibility index (Phi) is 7.06. The van der Waals surface area contributed by atoms with E-state index in [9.17, 15) is 18.0 Å². The molecule has 0 bridgehead atoms. The van der Waals surface area contributed by atoms with E-state index in [0.29, 0.717) is 31.6 Å². The summed E-state index contributed by atoms with van der Waals surface area (Å²) in [6.45, 7) is 4.08. The van der Waals surface area contributed by atoms with E-state index in [0.717, 1.165) is 10.4 Å². The lowest BCUT2D eigenvalue weighted by Gasteiger charge is -2.31. The fourth-order valence-electron chi connectivity index (χ4n) is 3.26. The Labute approximate surface area is 180 Å². The number of piperidine rings is 1. The number of carbonyl (C=O) groups is 2. The molecular weight excluding hydrogens is 422 g/mol. The van der Waals surface area contributed by atoms with Crippen molar-refractivity contribution in [3.63, 3.8) is 0 Å². The standard InChI is InChI=1S/C21H25N3O4S2/c1-15-11-14-29-20(15)7-8-21(26)23-18-9-12-24(13-10-18)30(27,28)19-5-3-17(4-6-19)22-16(2)25/h3-8,11,14,18H,9-10,12-13H2,1-2H3,(H,22,25)(H,23,26)/b8-7+. The van der Waals surface area contributed by atoms with E-state index in [1.807, 2.05) is 18.4 Å². The molecular formula is C21H25N3O4S2. The third-order valence-corrected chi connectivity index (χ3v) is 7.80. The lowest BCUT2D eigenvalue weighted by Crippen LogP contribution is -2.46. The van der Waals surface area contributed by atoms with Crippen LogP contribution in [0.4, 0.5) is 5.69 Å². The predicted molar refractivity (Wildman–Crippen MR) is 119 cm³/mol. The summed E-state index contributed by atoms with van der Waals surface area (Å²) in [7, 11) is -3.61. The van der Waals surface area contributed by atoms with Crippen LogP contribution in [0.1, 0.15) is 30.2 Å². The lowest BCUT2D eigenvalue weighted by molar-refractivity contribution is -0.117. The fraction of sp³-hybridized carbons (Fsp3) is 0.333. The Morgan fingerprint density at radius 2 is 1.80 bits per heavy atom. The molecule has 7 nitrogen and oxygen atoms in total. The monoisotopic (exact) mass is 447 g/mol. The maximum atomic E-state index is 12.9. The van der Waals surface area contributed by atoms with Crippen LogP contribution < -0.4 is 10.6 Å². The molecule has 1 aliphatic rings. The van der Waals surface area contributed by atoms with Gasteiger partial charge in [0.05, 0.1) is 4.90 Å². The van der Waals surface area contributed by atoms with Crippen LogP contribution in [0.2, 0.25) is 0 Å². The molecule has 1 saturated heterocycles. The summed E-state index contributed by atoms with van der Waals surface area (Å²) in [5.74, 6) is -0.382. The molecule has 2 aromatic rings. The summed E-state index contributed by atoms with van der Waals surface area (Å²) in [5, 5.41) is 7.55. The van der Waals surface area contributed by atoms with Crippen LogP contribution in [0, 0.1) is 6.92 Å². The van der Waals surface area contributed by atoms with Crippen LogP contribution in [0.3, 0.4) is 0 Å². The normalized spacial score (nSPS) is 15.9. The number of anilines is 1. The predicted octanol–water partition coefficient (Wildman–Crippen LogP) is 3.00. The van der Waals surface area contributed by atoms with Crippen LogP contribution in [0.25, 0.3) is 6.08 Å². The first-order valence-electron chi connectivity index (χ1n) is 9.66. The smallest absolute Gasteiger partial charge is 0.244 e. The molecule has 30 heavy (non-hydrogen) atoms. The highest BCUT2D eigenvalue weighted by molar-refractivity contribution is 7.89. The van der Waals surface area contributed by atoms with Crippen molar-refractivity contribution in [1.29, 1.82) is 0 Å². The second kappa shape index (κ2) is 9.55. The molecule has 0 saturated carbocycles. The van der Waals surface area contributed by atoms with E-state index < -0.39 is 10.0 Å². The van der Waals surface area contributed by atoms with Crippen molar-refractivity contribution in [1.82, 2.24) is 9.62 Å². The topological polar surface area (TPSA) is 95.6 Å². The first-order valence-corrected chi connectivity index (χ1v) is 12.0. The Balaban J connectivity index is 1.54. The summed E-state index contributed by atoms with van der Waals surface area (Å²) in [6.07, 6.45) is 4.44. The van der Waals surface area contributed by atoms with E-state index in [-0.39, 0.29) is 22.8 Å². The number of nitrogens with one attached hydrogen (secondary N) is 2. The lowest BCUT2D eigenvalue weighted by atomic mass is 10.1. The molecule has 0 radical (unpaired) electrons. The van der Waals surface area contributed by atoms with Gasteiger partial charge in [-0.2, -0.15) is 4.31 Å². The van der Waals surface area contributed by atoms with Gasteiger partial charge in [0.1, 0.15) is 0 Å². The second-order valence-electron chi connectivity index (χ2n) is 7.19. The van der Waals surface area contributed by atoms with E-state index >= 15 is 0 Å². The van der Waals surface area contributed by atoms with Gasteiger partial charge in [-0.1, -0.05) is 0 Å². The van der Waals surface area contributed by atoms with Crippen LogP contribution in [-0.4, -0.2) is 43.7 Å². The van der Waals surface area contributed by atoms with Gasteiger partial charge < -0.3 is 10.6 Å². The summed E-state index contributed by atoms with van der Waals surface area (Å²) >= 11 is 1.58. The quantitative estimate of drug-likeness (QED) is 0.666. The summed E-state index contributed by atoms with van der Waals surface area (Å²) < 4.78 is 27.2. The summed E-state index contributed by atoms with van der Waals surface area (Å²) in [5.41, 5.74) is 1.68.